The van der Waals surface area contributed by atoms with Crippen LogP contribution in [0.4, 0.5) is 0 Å². The zero-order valence-corrected chi connectivity index (χ0v) is 50.5. The molecule has 0 bridgehead atoms. The summed E-state index contributed by atoms with van der Waals surface area (Å²) in [6.07, 6.45) is 83.3. The molecule has 0 aliphatic carbocycles. The Kier molecular flexibility index (Phi) is 61.7. The summed E-state index contributed by atoms with van der Waals surface area (Å²) in [5.74, 6) is -0.879. The van der Waals surface area contributed by atoms with Gasteiger partial charge in [-0.05, 0) is 89.9 Å². The van der Waals surface area contributed by atoms with E-state index in [0.29, 0.717) is 19.3 Å². The van der Waals surface area contributed by atoms with E-state index < -0.39 is 6.10 Å². The van der Waals surface area contributed by atoms with Gasteiger partial charge in [-0.2, -0.15) is 0 Å². The van der Waals surface area contributed by atoms with Gasteiger partial charge >= 0.3 is 17.9 Å². The molecule has 0 rings (SSSR count). The maximum absolute atomic E-state index is 12.9. The Morgan fingerprint density at radius 2 is 0.513 bits per heavy atom. The van der Waals surface area contributed by atoms with Crippen LogP contribution in [0, 0.1) is 0 Å². The first-order chi connectivity index (χ1) is 37.5. The summed E-state index contributed by atoms with van der Waals surface area (Å²) >= 11 is 0. The van der Waals surface area contributed by atoms with E-state index in [1.54, 1.807) is 0 Å². The molecule has 1 atom stereocenters. The summed E-state index contributed by atoms with van der Waals surface area (Å²) in [5, 5.41) is 0. The van der Waals surface area contributed by atoms with Crippen LogP contribution in [0.25, 0.3) is 0 Å². The van der Waals surface area contributed by atoms with Crippen molar-refractivity contribution in [2.24, 2.45) is 0 Å². The van der Waals surface area contributed by atoms with Crippen LogP contribution in [0.1, 0.15) is 335 Å². The second-order valence-corrected chi connectivity index (χ2v) is 22.0. The van der Waals surface area contributed by atoms with Crippen molar-refractivity contribution in [1.82, 2.24) is 0 Å². The molecule has 0 radical (unpaired) electrons. The molecule has 440 valence electrons. The first-order valence-corrected chi connectivity index (χ1v) is 32.9. The molecule has 0 heterocycles. The molecule has 1 unspecified atom stereocenters. The molecule has 0 N–H and O–H groups in total. The van der Waals surface area contributed by atoms with Gasteiger partial charge in [0, 0.05) is 19.3 Å². The zero-order valence-electron chi connectivity index (χ0n) is 50.5. The molecule has 0 amide bonds. The summed E-state index contributed by atoms with van der Waals surface area (Å²) in [6.45, 7) is 6.55. The standard InChI is InChI=1S/C70H124O6/c1-4-7-10-13-16-19-22-25-28-31-34-35-37-39-42-45-48-51-54-57-60-63-69(72)75-66-67(65-74-68(71)62-59-56-53-50-47-44-41-38-33-30-27-24-21-18-15-12-9-6-3)76-70(73)64-61-58-55-52-49-46-43-40-36-32-29-26-23-20-17-14-11-8-5-2/h8,11,17,20,22,25-26,29,31,34,36,40,67H,4-7,9-10,12-16,18-19,21,23-24,27-28,30,32-33,35,37-39,41-66H2,1-3H3/b11-8-,20-17-,25-22-,29-26-,34-31-,40-36-. The van der Waals surface area contributed by atoms with Gasteiger partial charge in [0.25, 0.3) is 0 Å². The molecule has 0 aliphatic heterocycles. The van der Waals surface area contributed by atoms with E-state index in [0.717, 1.165) is 103 Å². The molecule has 76 heavy (non-hydrogen) atoms. The Morgan fingerprint density at radius 1 is 0.276 bits per heavy atom. The van der Waals surface area contributed by atoms with E-state index in [-0.39, 0.29) is 31.1 Å². The van der Waals surface area contributed by atoms with Gasteiger partial charge in [0.05, 0.1) is 0 Å². The predicted octanol–water partition coefficient (Wildman–Crippen LogP) is 22.5. The molecule has 6 nitrogen and oxygen atoms in total. The van der Waals surface area contributed by atoms with E-state index in [2.05, 4.69) is 93.7 Å². The molecule has 0 fully saturated rings. The van der Waals surface area contributed by atoms with Gasteiger partial charge in [-0.1, -0.05) is 299 Å². The third kappa shape index (κ3) is 61.7. The van der Waals surface area contributed by atoms with E-state index in [1.807, 2.05) is 0 Å². The molecule has 0 saturated heterocycles. The number of hydrogen-bond acceptors (Lipinski definition) is 6. The van der Waals surface area contributed by atoms with Crippen molar-refractivity contribution in [2.45, 2.75) is 341 Å². The third-order valence-corrected chi connectivity index (χ3v) is 14.4. The summed E-state index contributed by atoms with van der Waals surface area (Å²) in [6, 6.07) is 0. The summed E-state index contributed by atoms with van der Waals surface area (Å²) in [5.41, 5.74) is 0. The molecular weight excluding hydrogens is 937 g/mol. The van der Waals surface area contributed by atoms with Gasteiger partial charge in [-0.15, -0.1) is 0 Å². The molecule has 0 aliphatic rings. The quantitative estimate of drug-likeness (QED) is 0.0261. The Bertz CT molecular complexity index is 1400. The first-order valence-electron chi connectivity index (χ1n) is 32.9. The van der Waals surface area contributed by atoms with Crippen LogP contribution in [-0.2, 0) is 28.6 Å². The zero-order chi connectivity index (χ0) is 55.0. The Balaban J connectivity index is 4.38. The number of rotatable bonds is 60. The van der Waals surface area contributed by atoms with Gasteiger partial charge in [-0.3, -0.25) is 14.4 Å². The highest BCUT2D eigenvalue weighted by atomic mass is 16.6. The fourth-order valence-electron chi connectivity index (χ4n) is 9.53. The molecule has 0 aromatic heterocycles. The van der Waals surface area contributed by atoms with Crippen LogP contribution in [0.2, 0.25) is 0 Å². The third-order valence-electron chi connectivity index (χ3n) is 14.4. The molecule has 0 spiro atoms. The fraction of sp³-hybridized carbons (Fsp3) is 0.786. The van der Waals surface area contributed by atoms with Gasteiger partial charge in [0.1, 0.15) is 13.2 Å². The number of hydrogen-bond donors (Lipinski definition) is 0. The van der Waals surface area contributed by atoms with Crippen molar-refractivity contribution in [3.8, 4) is 0 Å². The average molecular weight is 1060 g/mol. The van der Waals surface area contributed by atoms with E-state index >= 15 is 0 Å². The van der Waals surface area contributed by atoms with Gasteiger partial charge in [-0.25, -0.2) is 0 Å². The molecular formula is C70H124O6. The SMILES string of the molecule is CC/C=C\C/C=C\C/C=C\C/C=C\CCCCCCCCC(=O)OC(COC(=O)CCCCCCCCCCC/C=C\C/C=C\CCCCCCC)COC(=O)CCCCCCCCCCCCCCCCCCCC. The number of carbonyl (C=O) groups excluding carboxylic acids is 3. The molecule has 0 aromatic rings. The minimum absolute atomic E-state index is 0.0795. The van der Waals surface area contributed by atoms with Crippen molar-refractivity contribution in [1.29, 1.82) is 0 Å². The minimum Gasteiger partial charge on any atom is -0.462 e. The van der Waals surface area contributed by atoms with Crippen LogP contribution in [-0.4, -0.2) is 37.2 Å². The number of allylic oxidation sites excluding steroid dienone is 12. The number of carbonyl (C=O) groups is 3. The lowest BCUT2D eigenvalue weighted by molar-refractivity contribution is -0.167. The maximum Gasteiger partial charge on any atom is 0.306 e. The highest BCUT2D eigenvalue weighted by Gasteiger charge is 2.19. The smallest absolute Gasteiger partial charge is 0.306 e. The lowest BCUT2D eigenvalue weighted by Gasteiger charge is -2.18. The minimum atomic E-state index is -0.785. The van der Waals surface area contributed by atoms with Gasteiger partial charge in [0.2, 0.25) is 0 Å². The normalized spacial score (nSPS) is 12.5. The summed E-state index contributed by atoms with van der Waals surface area (Å²) in [7, 11) is 0. The lowest BCUT2D eigenvalue weighted by atomic mass is 10.0. The summed E-state index contributed by atoms with van der Waals surface area (Å²) < 4.78 is 17.0. The number of ether oxygens (including phenoxy) is 3. The topological polar surface area (TPSA) is 78.9 Å². The van der Waals surface area contributed by atoms with Gasteiger partial charge < -0.3 is 14.2 Å². The van der Waals surface area contributed by atoms with Crippen LogP contribution in [0.3, 0.4) is 0 Å². The predicted molar refractivity (Wildman–Crippen MR) is 330 cm³/mol. The highest BCUT2D eigenvalue weighted by Crippen LogP contribution is 2.17. The highest BCUT2D eigenvalue weighted by molar-refractivity contribution is 5.71. The van der Waals surface area contributed by atoms with Crippen LogP contribution in [0.5, 0.6) is 0 Å². The van der Waals surface area contributed by atoms with E-state index in [4.69, 9.17) is 14.2 Å². The average Bonchev–Trinajstić information content (AvgIpc) is 3.42. The maximum atomic E-state index is 12.9. The van der Waals surface area contributed by atoms with Crippen molar-refractivity contribution < 1.29 is 28.6 Å². The van der Waals surface area contributed by atoms with E-state index in [9.17, 15) is 14.4 Å². The van der Waals surface area contributed by atoms with Crippen LogP contribution >= 0.6 is 0 Å². The largest absolute Gasteiger partial charge is 0.462 e. The fourth-order valence-corrected chi connectivity index (χ4v) is 9.53. The van der Waals surface area contributed by atoms with Gasteiger partial charge in [0.15, 0.2) is 6.10 Å². The second-order valence-electron chi connectivity index (χ2n) is 22.0. The molecule has 0 saturated carbocycles. The Morgan fingerprint density at radius 3 is 0.803 bits per heavy atom. The van der Waals surface area contributed by atoms with Crippen molar-refractivity contribution >= 4 is 17.9 Å². The molecule has 0 aromatic carbocycles. The van der Waals surface area contributed by atoms with E-state index in [1.165, 1.54) is 193 Å². The molecule has 6 heteroatoms. The Labute approximate surface area is 472 Å². The monoisotopic (exact) mass is 1060 g/mol. The van der Waals surface area contributed by atoms with Crippen LogP contribution < -0.4 is 0 Å². The summed E-state index contributed by atoms with van der Waals surface area (Å²) in [4.78, 5) is 38.4. The van der Waals surface area contributed by atoms with Crippen molar-refractivity contribution in [3.05, 3.63) is 72.9 Å². The first kappa shape index (κ1) is 72.8. The van der Waals surface area contributed by atoms with Crippen LogP contribution in [0.15, 0.2) is 72.9 Å². The number of unbranched alkanes of at least 4 members (excludes halogenated alkanes) is 37. The Hall–Kier alpha value is -3.15. The van der Waals surface area contributed by atoms with Crippen molar-refractivity contribution in [2.75, 3.05) is 13.2 Å². The second kappa shape index (κ2) is 64.4. The van der Waals surface area contributed by atoms with Crippen molar-refractivity contribution in [3.63, 3.8) is 0 Å². The lowest BCUT2D eigenvalue weighted by Crippen LogP contribution is -2.30. The number of esters is 3.